The van der Waals surface area contributed by atoms with Crippen molar-refractivity contribution in [2.24, 2.45) is 0 Å². The molecular weight excluding hydrogens is 431 g/mol. The quantitative estimate of drug-likeness (QED) is 0.281. The first-order chi connectivity index (χ1) is 16.5. The summed E-state index contributed by atoms with van der Waals surface area (Å²) < 4.78 is 2.14. The van der Waals surface area contributed by atoms with Gasteiger partial charge in [0.1, 0.15) is 0 Å². The fourth-order valence-electron chi connectivity index (χ4n) is 5.17. The molecule has 4 aromatic rings. The van der Waals surface area contributed by atoms with Crippen molar-refractivity contribution in [1.29, 1.82) is 0 Å². The SMILES string of the molecule is Cc1cc(C)c(-c2ccn([C@H](C)C3=CC=CC3P(c3ccccc3)c3ccccc3)n2)c(C)c1. The normalized spacial score (nSPS) is 16.1. The highest BCUT2D eigenvalue weighted by atomic mass is 31.1. The second kappa shape index (κ2) is 9.57. The Morgan fingerprint density at radius 2 is 1.41 bits per heavy atom. The molecule has 1 aromatic heterocycles. The van der Waals surface area contributed by atoms with Crippen LogP contribution in [0.15, 0.2) is 109 Å². The van der Waals surface area contributed by atoms with E-state index in [2.05, 4.69) is 136 Å². The van der Waals surface area contributed by atoms with Gasteiger partial charge < -0.3 is 0 Å². The molecule has 2 nitrogen and oxygen atoms in total. The summed E-state index contributed by atoms with van der Waals surface area (Å²) in [6.07, 6.45) is 9.06. The van der Waals surface area contributed by atoms with Gasteiger partial charge in [0.05, 0.1) is 11.7 Å². The second-order valence-electron chi connectivity index (χ2n) is 9.17. The molecular formula is C31H31N2P. The molecule has 1 unspecified atom stereocenters. The Labute approximate surface area is 204 Å². The van der Waals surface area contributed by atoms with E-state index >= 15 is 0 Å². The van der Waals surface area contributed by atoms with Crippen molar-refractivity contribution in [3.63, 3.8) is 0 Å². The van der Waals surface area contributed by atoms with E-state index in [1.54, 1.807) is 0 Å². The molecule has 1 aliphatic carbocycles. The molecule has 0 radical (unpaired) electrons. The summed E-state index contributed by atoms with van der Waals surface area (Å²) in [5.74, 6) is 0. The first kappa shape index (κ1) is 22.6. The Kier molecular flexibility index (Phi) is 6.35. The van der Waals surface area contributed by atoms with Gasteiger partial charge in [0, 0.05) is 17.4 Å². The number of nitrogens with zero attached hydrogens (tertiary/aromatic N) is 2. The van der Waals surface area contributed by atoms with Crippen molar-refractivity contribution in [3.05, 3.63) is 126 Å². The molecule has 0 saturated heterocycles. The lowest BCUT2D eigenvalue weighted by atomic mass is 9.98. The monoisotopic (exact) mass is 462 g/mol. The minimum absolute atomic E-state index is 0.178. The third-order valence-electron chi connectivity index (χ3n) is 6.69. The van der Waals surface area contributed by atoms with E-state index in [1.807, 2.05) is 0 Å². The van der Waals surface area contributed by atoms with E-state index in [0.29, 0.717) is 5.66 Å². The van der Waals surface area contributed by atoms with E-state index in [0.717, 1.165) is 5.69 Å². The van der Waals surface area contributed by atoms with Gasteiger partial charge in [0.15, 0.2) is 0 Å². The van der Waals surface area contributed by atoms with Crippen LogP contribution in [-0.4, -0.2) is 15.4 Å². The summed E-state index contributed by atoms with van der Waals surface area (Å²) in [5, 5.41) is 7.89. The average Bonchev–Trinajstić information content (AvgIpc) is 3.50. The lowest BCUT2D eigenvalue weighted by molar-refractivity contribution is 0.552. The molecule has 0 aliphatic heterocycles. The molecule has 3 heteroatoms. The van der Waals surface area contributed by atoms with Crippen molar-refractivity contribution in [2.75, 3.05) is 0 Å². The predicted molar refractivity (Wildman–Crippen MR) is 147 cm³/mol. The van der Waals surface area contributed by atoms with Crippen molar-refractivity contribution >= 4 is 18.5 Å². The fourth-order valence-corrected chi connectivity index (χ4v) is 7.97. The molecule has 3 aromatic carbocycles. The van der Waals surface area contributed by atoms with Crippen LogP contribution >= 0.6 is 7.92 Å². The van der Waals surface area contributed by atoms with Crippen LogP contribution in [0.2, 0.25) is 0 Å². The number of rotatable bonds is 6. The van der Waals surface area contributed by atoms with Gasteiger partial charge >= 0.3 is 0 Å². The van der Waals surface area contributed by atoms with Crippen LogP contribution < -0.4 is 10.6 Å². The number of benzene rings is 3. The molecule has 0 fully saturated rings. The molecule has 0 bridgehead atoms. The predicted octanol–water partition coefficient (Wildman–Crippen LogP) is 7.03. The second-order valence-corrected chi connectivity index (χ2v) is 11.5. The molecule has 0 amide bonds. The van der Waals surface area contributed by atoms with E-state index in [4.69, 9.17) is 5.10 Å². The summed E-state index contributed by atoms with van der Waals surface area (Å²) in [4.78, 5) is 0. The molecule has 0 saturated carbocycles. The van der Waals surface area contributed by atoms with Gasteiger partial charge in [-0.25, -0.2) is 0 Å². The molecule has 1 aliphatic rings. The van der Waals surface area contributed by atoms with Crippen LogP contribution in [0.4, 0.5) is 0 Å². The molecule has 34 heavy (non-hydrogen) atoms. The molecule has 170 valence electrons. The van der Waals surface area contributed by atoms with E-state index in [1.165, 1.54) is 38.4 Å². The number of hydrogen-bond acceptors (Lipinski definition) is 1. The van der Waals surface area contributed by atoms with Gasteiger partial charge in [-0.15, -0.1) is 0 Å². The summed E-state index contributed by atoms with van der Waals surface area (Å²) in [5.41, 5.74) is 7.95. The zero-order valence-corrected chi connectivity index (χ0v) is 21.2. The molecule has 1 heterocycles. The first-order valence-corrected chi connectivity index (χ1v) is 13.3. The lowest BCUT2D eigenvalue weighted by Gasteiger charge is -2.29. The van der Waals surface area contributed by atoms with Gasteiger partial charge in [0.2, 0.25) is 0 Å². The third kappa shape index (κ3) is 4.31. The van der Waals surface area contributed by atoms with Crippen molar-refractivity contribution < 1.29 is 0 Å². The Balaban J connectivity index is 1.49. The largest absolute Gasteiger partial charge is 0.265 e. The molecule has 2 atom stereocenters. The topological polar surface area (TPSA) is 17.8 Å². The average molecular weight is 463 g/mol. The van der Waals surface area contributed by atoms with Crippen LogP contribution in [0.3, 0.4) is 0 Å². The van der Waals surface area contributed by atoms with Gasteiger partial charge in [-0.1, -0.05) is 96.6 Å². The number of aryl methyl sites for hydroxylation is 3. The zero-order chi connectivity index (χ0) is 23.7. The lowest BCUT2D eigenvalue weighted by Crippen LogP contribution is -2.24. The highest BCUT2D eigenvalue weighted by Gasteiger charge is 2.31. The number of aromatic nitrogens is 2. The highest BCUT2D eigenvalue weighted by molar-refractivity contribution is 7.74. The van der Waals surface area contributed by atoms with Crippen LogP contribution in [0.25, 0.3) is 11.3 Å². The third-order valence-corrected chi connectivity index (χ3v) is 9.43. The number of allylic oxidation sites excluding steroid dienone is 4. The van der Waals surface area contributed by atoms with Gasteiger partial charge in [0.25, 0.3) is 0 Å². The minimum atomic E-state index is -0.561. The molecule has 0 spiro atoms. The zero-order valence-electron chi connectivity index (χ0n) is 20.3. The van der Waals surface area contributed by atoms with E-state index < -0.39 is 7.92 Å². The number of hydrogen-bond donors (Lipinski definition) is 0. The maximum Gasteiger partial charge on any atom is 0.0928 e. The van der Waals surface area contributed by atoms with E-state index in [9.17, 15) is 0 Å². The van der Waals surface area contributed by atoms with E-state index in [-0.39, 0.29) is 6.04 Å². The van der Waals surface area contributed by atoms with Crippen molar-refractivity contribution in [1.82, 2.24) is 9.78 Å². The Bertz CT molecular complexity index is 1290. The van der Waals surface area contributed by atoms with Crippen LogP contribution in [0.5, 0.6) is 0 Å². The highest BCUT2D eigenvalue weighted by Crippen LogP contribution is 2.48. The Morgan fingerprint density at radius 3 is 2.00 bits per heavy atom. The minimum Gasteiger partial charge on any atom is -0.265 e. The van der Waals surface area contributed by atoms with Crippen molar-refractivity contribution in [2.45, 2.75) is 39.4 Å². The van der Waals surface area contributed by atoms with Gasteiger partial charge in [-0.05, 0) is 69.0 Å². The van der Waals surface area contributed by atoms with Gasteiger partial charge in [-0.3, -0.25) is 4.68 Å². The standard InChI is InChI=1S/C31H31N2P/c1-22-20-23(2)31(24(3)21-22)29-18-19-33(32-29)25(4)28-16-11-17-30(28)34(26-12-7-5-8-13-26)27-14-9-6-10-15-27/h5-21,25,30H,1-4H3/t25-,30?/m1/s1. The van der Waals surface area contributed by atoms with Crippen LogP contribution in [-0.2, 0) is 0 Å². The molecule has 0 N–H and O–H groups in total. The van der Waals surface area contributed by atoms with Crippen LogP contribution in [0.1, 0.15) is 29.7 Å². The van der Waals surface area contributed by atoms with Gasteiger partial charge in [-0.2, -0.15) is 5.10 Å². The Morgan fingerprint density at radius 1 is 0.824 bits per heavy atom. The summed E-state index contributed by atoms with van der Waals surface area (Å²) in [7, 11) is -0.561. The fraction of sp³-hybridized carbons (Fsp3) is 0.194. The molecule has 5 rings (SSSR count). The van der Waals surface area contributed by atoms with Crippen LogP contribution in [0, 0.1) is 20.8 Å². The first-order valence-electron chi connectivity index (χ1n) is 11.9. The smallest absolute Gasteiger partial charge is 0.0928 e. The van der Waals surface area contributed by atoms with Crippen molar-refractivity contribution in [3.8, 4) is 11.3 Å². The maximum atomic E-state index is 5.07. The summed E-state index contributed by atoms with van der Waals surface area (Å²) >= 11 is 0. The summed E-state index contributed by atoms with van der Waals surface area (Å²) in [6.45, 7) is 8.80. The maximum absolute atomic E-state index is 5.07. The summed E-state index contributed by atoms with van der Waals surface area (Å²) in [6, 6.07) is 28.8. The Hall–Kier alpha value is -3.22.